The number of fused-ring (bicyclic) bond motifs is 8. The molecular formula is C32H30N4S3. The van der Waals surface area contributed by atoms with Gasteiger partial charge in [-0.1, -0.05) is 17.7 Å². The number of rotatable bonds is 4. The maximum atomic E-state index is 5.23. The molecule has 0 amide bonds. The van der Waals surface area contributed by atoms with Crippen LogP contribution in [0.25, 0.3) is 57.5 Å². The van der Waals surface area contributed by atoms with E-state index in [1.165, 1.54) is 27.1 Å². The van der Waals surface area contributed by atoms with Crippen LogP contribution in [0.5, 0.6) is 0 Å². The molecule has 4 nitrogen and oxygen atoms in total. The van der Waals surface area contributed by atoms with E-state index in [1.807, 2.05) is 0 Å². The average molecular weight is 567 g/mol. The second kappa shape index (κ2) is 10.5. The van der Waals surface area contributed by atoms with Crippen molar-refractivity contribution in [1.29, 1.82) is 0 Å². The van der Waals surface area contributed by atoms with Gasteiger partial charge < -0.3 is 9.97 Å². The number of H-pyrrole nitrogens is 2. The first-order chi connectivity index (χ1) is 18.9. The van der Waals surface area contributed by atoms with E-state index in [4.69, 9.17) is 9.97 Å². The van der Waals surface area contributed by atoms with Crippen molar-refractivity contribution in [3.8, 4) is 11.1 Å². The lowest BCUT2D eigenvalue weighted by Gasteiger charge is -2.13. The molecule has 2 aliphatic heterocycles. The molecule has 0 unspecified atom stereocenters. The van der Waals surface area contributed by atoms with Gasteiger partial charge in [-0.3, -0.25) is 0 Å². The molecule has 3 aromatic heterocycles. The Labute approximate surface area is 241 Å². The molecule has 1 aromatic carbocycles. The zero-order chi connectivity index (χ0) is 27.3. The summed E-state index contributed by atoms with van der Waals surface area (Å²) in [6, 6.07) is 13.2. The van der Waals surface area contributed by atoms with Crippen LogP contribution in [0.1, 0.15) is 39.5 Å². The van der Waals surface area contributed by atoms with Crippen LogP contribution in [-0.2, 0) is 0 Å². The highest BCUT2D eigenvalue weighted by Crippen LogP contribution is 2.38. The van der Waals surface area contributed by atoms with E-state index in [0.717, 1.165) is 60.2 Å². The minimum absolute atomic E-state index is 0.944. The van der Waals surface area contributed by atoms with Crippen LogP contribution >= 0.6 is 35.3 Å². The first-order valence-corrected chi connectivity index (χ1v) is 16.5. The zero-order valence-corrected chi connectivity index (χ0v) is 25.3. The third-order valence-electron chi connectivity index (χ3n) is 7.15. The molecule has 0 saturated heterocycles. The summed E-state index contributed by atoms with van der Waals surface area (Å²) in [6.07, 6.45) is 14.9. The summed E-state index contributed by atoms with van der Waals surface area (Å²) in [5.41, 5.74) is 14.2. The predicted octanol–water partition coefficient (Wildman–Crippen LogP) is 9.41. The van der Waals surface area contributed by atoms with Gasteiger partial charge in [0.25, 0.3) is 0 Å². The van der Waals surface area contributed by atoms with Crippen molar-refractivity contribution in [2.75, 3.05) is 18.8 Å². The zero-order valence-electron chi connectivity index (χ0n) is 22.9. The van der Waals surface area contributed by atoms with E-state index < -0.39 is 0 Å². The quantitative estimate of drug-likeness (QED) is 0.208. The van der Waals surface area contributed by atoms with Gasteiger partial charge in [0.15, 0.2) is 0 Å². The predicted molar refractivity (Wildman–Crippen MR) is 174 cm³/mol. The molecule has 7 heteroatoms. The van der Waals surface area contributed by atoms with Crippen LogP contribution in [0, 0.1) is 20.8 Å². The van der Waals surface area contributed by atoms with Crippen LogP contribution < -0.4 is 0 Å². The molecule has 0 aliphatic carbocycles. The van der Waals surface area contributed by atoms with Crippen LogP contribution in [0.15, 0.2) is 51.1 Å². The Hall–Kier alpha value is -3.13. The minimum atomic E-state index is 0.944. The molecule has 0 spiro atoms. The first-order valence-electron chi connectivity index (χ1n) is 12.8. The average Bonchev–Trinajstić information content (AvgIpc) is 3.71. The number of benzene rings is 1. The molecule has 8 bridgehead atoms. The SMILES string of the molecule is CSc1c2nc(c(-c3c(C)cc(C)cc3C)c3nc(c(SC)c4ccc([nH]4)c(SC)c4ccc1[nH]4)C=C3)C=C2. The molecule has 0 fully saturated rings. The highest BCUT2D eigenvalue weighted by Gasteiger charge is 2.20. The van der Waals surface area contributed by atoms with Crippen molar-refractivity contribution >= 4 is 81.7 Å². The number of thioether (sulfide) groups is 3. The Morgan fingerprint density at radius 2 is 0.897 bits per heavy atom. The summed E-state index contributed by atoms with van der Waals surface area (Å²) in [5, 5.41) is 0. The number of nitrogens with one attached hydrogen (secondary N) is 2. The van der Waals surface area contributed by atoms with Crippen molar-refractivity contribution in [3.63, 3.8) is 0 Å². The van der Waals surface area contributed by atoms with Crippen LogP contribution in [-0.4, -0.2) is 38.7 Å². The molecular weight excluding hydrogens is 537 g/mol. The van der Waals surface area contributed by atoms with Gasteiger partial charge in [-0.15, -0.1) is 35.3 Å². The monoisotopic (exact) mass is 566 g/mol. The number of hydrogen-bond donors (Lipinski definition) is 2. The van der Waals surface area contributed by atoms with E-state index in [9.17, 15) is 0 Å². The fourth-order valence-electron chi connectivity index (χ4n) is 5.61. The number of nitrogens with zero attached hydrogens (tertiary/aromatic N) is 2. The molecule has 2 aliphatic rings. The highest BCUT2D eigenvalue weighted by molar-refractivity contribution is 7.99. The lowest BCUT2D eigenvalue weighted by Crippen LogP contribution is -1.96. The van der Waals surface area contributed by atoms with E-state index >= 15 is 0 Å². The molecule has 196 valence electrons. The second-order valence-electron chi connectivity index (χ2n) is 9.75. The van der Waals surface area contributed by atoms with Crippen LogP contribution in [0.4, 0.5) is 0 Å². The summed E-state index contributed by atoms with van der Waals surface area (Å²) < 4.78 is 0. The van der Waals surface area contributed by atoms with Gasteiger partial charge in [0.2, 0.25) is 0 Å². The maximum absolute atomic E-state index is 5.23. The first kappa shape index (κ1) is 26.1. The number of hydrogen-bond acceptors (Lipinski definition) is 5. The summed E-state index contributed by atoms with van der Waals surface area (Å²) >= 11 is 5.17. The smallest absolute Gasteiger partial charge is 0.0794 e. The standard InChI is InChI=1S/C32H30N4S3/c1-17-15-18(2)28(19(3)16-17)29-20-7-9-22(33-20)30(37-4)24-11-13-26(35-24)32(39-6)27-14-12-25(36-27)31(38-5)23-10-8-21(29)34-23/h7-16,35-36H,1-6H3. The fraction of sp³-hybridized carbons (Fsp3) is 0.188. The second-order valence-corrected chi connectivity index (χ2v) is 12.2. The van der Waals surface area contributed by atoms with Crippen LogP contribution in [0.2, 0.25) is 0 Å². The third kappa shape index (κ3) is 4.56. The van der Waals surface area contributed by atoms with E-state index in [2.05, 4.69) is 110 Å². The Bertz CT molecular complexity index is 1730. The molecule has 5 heterocycles. The lowest BCUT2D eigenvalue weighted by atomic mass is 9.92. The van der Waals surface area contributed by atoms with E-state index in [1.54, 1.807) is 35.3 Å². The van der Waals surface area contributed by atoms with Gasteiger partial charge in [-0.25, -0.2) is 9.97 Å². The van der Waals surface area contributed by atoms with Gasteiger partial charge in [-0.2, -0.15) is 0 Å². The fourth-order valence-corrected chi connectivity index (χ4v) is 7.61. The third-order valence-corrected chi connectivity index (χ3v) is 9.67. The Kier molecular flexibility index (Phi) is 7.00. The molecule has 2 N–H and O–H groups in total. The largest absolute Gasteiger partial charge is 0.354 e. The van der Waals surface area contributed by atoms with Crippen molar-refractivity contribution < 1.29 is 0 Å². The van der Waals surface area contributed by atoms with E-state index in [-0.39, 0.29) is 0 Å². The molecule has 39 heavy (non-hydrogen) atoms. The van der Waals surface area contributed by atoms with Gasteiger partial charge in [0, 0.05) is 5.56 Å². The molecule has 4 aromatic rings. The topological polar surface area (TPSA) is 57.4 Å². The summed E-state index contributed by atoms with van der Waals surface area (Å²) in [4.78, 5) is 21.2. The Balaban J connectivity index is 1.83. The number of aromatic nitrogens is 4. The lowest BCUT2D eigenvalue weighted by molar-refractivity contribution is 1.21. The van der Waals surface area contributed by atoms with Crippen molar-refractivity contribution in [1.82, 2.24) is 19.9 Å². The van der Waals surface area contributed by atoms with Gasteiger partial charge >= 0.3 is 0 Å². The van der Waals surface area contributed by atoms with Crippen molar-refractivity contribution in [2.45, 2.75) is 35.5 Å². The normalized spacial score (nSPS) is 12.5. The molecule has 0 saturated carbocycles. The summed E-state index contributed by atoms with van der Waals surface area (Å²) in [6.45, 7) is 6.53. The van der Waals surface area contributed by atoms with E-state index in [0.29, 0.717) is 0 Å². The van der Waals surface area contributed by atoms with Crippen LogP contribution in [0.3, 0.4) is 0 Å². The summed E-state index contributed by atoms with van der Waals surface area (Å²) in [7, 11) is 0. The molecule has 0 atom stereocenters. The Morgan fingerprint density at radius 3 is 1.31 bits per heavy atom. The number of aromatic amines is 2. The van der Waals surface area contributed by atoms with Gasteiger partial charge in [-0.05, 0) is 105 Å². The van der Waals surface area contributed by atoms with Crippen molar-refractivity contribution in [3.05, 3.63) is 75.9 Å². The minimum Gasteiger partial charge on any atom is -0.354 e. The number of aryl methyl sites for hydroxylation is 3. The molecule has 6 rings (SSSR count). The maximum Gasteiger partial charge on any atom is 0.0794 e. The Morgan fingerprint density at radius 1 is 0.513 bits per heavy atom. The van der Waals surface area contributed by atoms with Gasteiger partial charge in [0.05, 0.1) is 59.5 Å². The molecule has 0 radical (unpaired) electrons. The summed E-state index contributed by atoms with van der Waals surface area (Å²) in [5.74, 6) is 0. The van der Waals surface area contributed by atoms with Crippen molar-refractivity contribution in [2.24, 2.45) is 0 Å². The van der Waals surface area contributed by atoms with Gasteiger partial charge in [0.1, 0.15) is 0 Å². The highest BCUT2D eigenvalue weighted by atomic mass is 32.2.